The predicted octanol–water partition coefficient (Wildman–Crippen LogP) is 2.46. The number of nitrogens with zero attached hydrogens (tertiary/aromatic N) is 1. The summed E-state index contributed by atoms with van der Waals surface area (Å²) in [6.45, 7) is 9.15. The van der Waals surface area contributed by atoms with Gasteiger partial charge in [-0.25, -0.2) is 0 Å². The molecule has 0 aliphatic carbocycles. The van der Waals surface area contributed by atoms with E-state index in [1.807, 2.05) is 31.2 Å². The average Bonchev–Trinajstić information content (AvgIpc) is 2.63. The lowest BCUT2D eigenvalue weighted by Crippen LogP contribution is -2.46. The van der Waals surface area contributed by atoms with Crippen molar-refractivity contribution in [1.82, 2.24) is 10.2 Å². The maximum absolute atomic E-state index is 12.7. The van der Waals surface area contributed by atoms with Crippen LogP contribution in [-0.4, -0.2) is 36.5 Å². The van der Waals surface area contributed by atoms with Gasteiger partial charge in [-0.2, -0.15) is 0 Å². The summed E-state index contributed by atoms with van der Waals surface area (Å²) >= 11 is 0. The van der Waals surface area contributed by atoms with Crippen molar-refractivity contribution in [3.63, 3.8) is 0 Å². The van der Waals surface area contributed by atoms with E-state index in [0.717, 1.165) is 37.2 Å². The lowest BCUT2D eigenvalue weighted by molar-refractivity contribution is 0.0646. The summed E-state index contributed by atoms with van der Waals surface area (Å²) in [6.07, 6.45) is 1.03. The maximum atomic E-state index is 12.7. The summed E-state index contributed by atoms with van der Waals surface area (Å²) in [6, 6.07) is 8.18. The Morgan fingerprint density at radius 1 is 1.42 bits per heavy atom. The molecule has 1 aliphatic rings. The molecule has 0 spiro atoms. The van der Waals surface area contributed by atoms with E-state index in [-0.39, 0.29) is 11.9 Å². The molecular formula is C16H24N2O. The molecule has 0 bridgehead atoms. The number of aryl methyl sites for hydroxylation is 1. The predicted molar refractivity (Wildman–Crippen MR) is 78.3 cm³/mol. The third-order valence-electron chi connectivity index (χ3n) is 3.80. The maximum Gasteiger partial charge on any atom is 0.254 e. The van der Waals surface area contributed by atoms with Crippen LogP contribution < -0.4 is 5.32 Å². The molecule has 1 amide bonds. The fourth-order valence-electron chi connectivity index (χ4n) is 2.69. The van der Waals surface area contributed by atoms with E-state index >= 15 is 0 Å². The quantitative estimate of drug-likeness (QED) is 0.886. The minimum absolute atomic E-state index is 0.172. The first-order valence-electron chi connectivity index (χ1n) is 7.18. The van der Waals surface area contributed by atoms with Gasteiger partial charge in [0.25, 0.3) is 5.91 Å². The smallest absolute Gasteiger partial charge is 0.254 e. The van der Waals surface area contributed by atoms with E-state index in [0.29, 0.717) is 5.92 Å². The Kier molecular flexibility index (Phi) is 4.59. The van der Waals surface area contributed by atoms with Crippen LogP contribution in [0.4, 0.5) is 0 Å². The van der Waals surface area contributed by atoms with Gasteiger partial charge in [0.15, 0.2) is 0 Å². The molecular weight excluding hydrogens is 236 g/mol. The first kappa shape index (κ1) is 14.1. The number of rotatable bonds is 2. The highest BCUT2D eigenvalue weighted by Gasteiger charge is 2.28. The number of hydrogen-bond acceptors (Lipinski definition) is 2. The second-order valence-electron chi connectivity index (χ2n) is 5.74. The minimum Gasteiger partial charge on any atom is -0.334 e. The molecule has 1 aliphatic heterocycles. The van der Waals surface area contributed by atoms with E-state index in [2.05, 4.69) is 24.1 Å². The lowest BCUT2D eigenvalue weighted by Gasteiger charge is -2.32. The SMILES string of the molecule is Cc1cccc(C(=O)N2CCCNCC2C(C)C)c1. The molecule has 0 radical (unpaired) electrons. The second-order valence-corrected chi connectivity index (χ2v) is 5.74. The third kappa shape index (κ3) is 3.35. The van der Waals surface area contributed by atoms with E-state index in [4.69, 9.17) is 0 Å². The molecule has 2 rings (SSSR count). The van der Waals surface area contributed by atoms with Gasteiger partial charge >= 0.3 is 0 Å². The Balaban J connectivity index is 2.23. The molecule has 1 saturated heterocycles. The van der Waals surface area contributed by atoms with Gasteiger partial charge in [0, 0.05) is 24.7 Å². The highest BCUT2D eigenvalue weighted by Crippen LogP contribution is 2.17. The molecule has 0 saturated carbocycles. The zero-order valence-corrected chi connectivity index (χ0v) is 12.1. The molecule has 1 unspecified atom stereocenters. The van der Waals surface area contributed by atoms with Gasteiger partial charge in [-0.15, -0.1) is 0 Å². The van der Waals surface area contributed by atoms with Gasteiger partial charge in [0.1, 0.15) is 0 Å². The molecule has 1 aromatic rings. The van der Waals surface area contributed by atoms with Crippen LogP contribution >= 0.6 is 0 Å². The molecule has 1 N–H and O–H groups in total. The number of carbonyl (C=O) groups is 1. The van der Waals surface area contributed by atoms with E-state index in [1.165, 1.54) is 0 Å². The van der Waals surface area contributed by atoms with Crippen molar-refractivity contribution in [2.75, 3.05) is 19.6 Å². The highest BCUT2D eigenvalue weighted by molar-refractivity contribution is 5.94. The van der Waals surface area contributed by atoms with Gasteiger partial charge in [0.2, 0.25) is 0 Å². The zero-order valence-electron chi connectivity index (χ0n) is 12.1. The zero-order chi connectivity index (χ0) is 13.8. The average molecular weight is 260 g/mol. The largest absolute Gasteiger partial charge is 0.334 e. The van der Waals surface area contributed by atoms with Gasteiger partial charge in [0.05, 0.1) is 0 Å². The molecule has 1 aromatic carbocycles. The summed E-state index contributed by atoms with van der Waals surface area (Å²) in [4.78, 5) is 14.8. The van der Waals surface area contributed by atoms with Crippen LogP contribution in [0.15, 0.2) is 24.3 Å². The lowest BCUT2D eigenvalue weighted by atomic mass is 10.0. The first-order chi connectivity index (χ1) is 9.09. The fraction of sp³-hybridized carbons (Fsp3) is 0.562. The number of amides is 1. The van der Waals surface area contributed by atoms with Crippen molar-refractivity contribution in [3.05, 3.63) is 35.4 Å². The van der Waals surface area contributed by atoms with Crippen molar-refractivity contribution in [3.8, 4) is 0 Å². The molecule has 1 heterocycles. The normalized spacial score (nSPS) is 20.4. The number of benzene rings is 1. The van der Waals surface area contributed by atoms with Crippen LogP contribution in [0.2, 0.25) is 0 Å². The summed E-state index contributed by atoms with van der Waals surface area (Å²) in [5, 5.41) is 3.43. The summed E-state index contributed by atoms with van der Waals surface area (Å²) in [7, 11) is 0. The van der Waals surface area contributed by atoms with Crippen molar-refractivity contribution < 1.29 is 4.79 Å². The van der Waals surface area contributed by atoms with Gasteiger partial charge in [-0.3, -0.25) is 4.79 Å². The van der Waals surface area contributed by atoms with E-state index < -0.39 is 0 Å². The van der Waals surface area contributed by atoms with Gasteiger partial charge < -0.3 is 10.2 Å². The summed E-state index contributed by atoms with van der Waals surface area (Å²) in [5.41, 5.74) is 1.95. The van der Waals surface area contributed by atoms with Gasteiger partial charge in [-0.05, 0) is 37.9 Å². The number of hydrogen-bond donors (Lipinski definition) is 1. The second kappa shape index (κ2) is 6.20. The highest BCUT2D eigenvalue weighted by atomic mass is 16.2. The van der Waals surface area contributed by atoms with Crippen LogP contribution in [0, 0.1) is 12.8 Å². The van der Waals surface area contributed by atoms with Gasteiger partial charge in [-0.1, -0.05) is 31.5 Å². The van der Waals surface area contributed by atoms with E-state index in [1.54, 1.807) is 0 Å². The van der Waals surface area contributed by atoms with Crippen molar-refractivity contribution in [2.45, 2.75) is 33.2 Å². The van der Waals surface area contributed by atoms with Crippen LogP contribution in [0.3, 0.4) is 0 Å². The Morgan fingerprint density at radius 3 is 2.89 bits per heavy atom. The van der Waals surface area contributed by atoms with E-state index in [9.17, 15) is 4.79 Å². The molecule has 3 nitrogen and oxygen atoms in total. The third-order valence-corrected chi connectivity index (χ3v) is 3.80. The van der Waals surface area contributed by atoms with Crippen LogP contribution in [0.1, 0.15) is 36.2 Å². The molecule has 104 valence electrons. The molecule has 1 fully saturated rings. The number of carbonyl (C=O) groups excluding carboxylic acids is 1. The Labute approximate surface area is 116 Å². The molecule has 19 heavy (non-hydrogen) atoms. The van der Waals surface area contributed by atoms with Crippen molar-refractivity contribution in [1.29, 1.82) is 0 Å². The van der Waals surface area contributed by atoms with Crippen molar-refractivity contribution in [2.24, 2.45) is 5.92 Å². The Morgan fingerprint density at radius 2 is 2.21 bits per heavy atom. The topological polar surface area (TPSA) is 32.3 Å². The monoisotopic (exact) mass is 260 g/mol. The van der Waals surface area contributed by atoms with Crippen LogP contribution in [-0.2, 0) is 0 Å². The summed E-state index contributed by atoms with van der Waals surface area (Å²) < 4.78 is 0. The molecule has 0 aromatic heterocycles. The van der Waals surface area contributed by atoms with Crippen LogP contribution in [0.5, 0.6) is 0 Å². The molecule has 3 heteroatoms. The first-order valence-corrected chi connectivity index (χ1v) is 7.18. The van der Waals surface area contributed by atoms with Crippen LogP contribution in [0.25, 0.3) is 0 Å². The Hall–Kier alpha value is -1.35. The summed E-state index contributed by atoms with van der Waals surface area (Å²) in [5.74, 6) is 0.644. The van der Waals surface area contributed by atoms with Crippen molar-refractivity contribution >= 4 is 5.91 Å². The minimum atomic E-state index is 0.172. The fourth-order valence-corrected chi connectivity index (χ4v) is 2.69. The standard InChI is InChI=1S/C16H24N2O/c1-12(2)15-11-17-8-5-9-18(15)16(19)14-7-4-6-13(3)10-14/h4,6-7,10,12,15,17H,5,8-9,11H2,1-3H3. The number of nitrogens with one attached hydrogen (secondary N) is 1. The Bertz CT molecular complexity index is 442. The molecule has 1 atom stereocenters.